The Balaban J connectivity index is 1.41. The summed E-state index contributed by atoms with van der Waals surface area (Å²) in [6.45, 7) is 2.17. The smallest absolute Gasteiger partial charge is 0.244 e. The second-order valence-electron chi connectivity index (χ2n) is 10.6. The number of amides is 3. The predicted molar refractivity (Wildman–Crippen MR) is 135 cm³/mol. The van der Waals surface area contributed by atoms with Crippen LogP contribution >= 0.6 is 11.8 Å². The first-order valence-corrected chi connectivity index (χ1v) is 14.1. The van der Waals surface area contributed by atoms with E-state index in [9.17, 15) is 19.5 Å². The average molecular weight is 500 g/mol. The molecule has 8 heteroatoms. The maximum Gasteiger partial charge on any atom is 0.244 e. The molecule has 4 fully saturated rings. The summed E-state index contributed by atoms with van der Waals surface area (Å²) in [5, 5.41) is 16.5. The fourth-order valence-corrected chi connectivity index (χ4v) is 9.13. The van der Waals surface area contributed by atoms with E-state index in [1.807, 2.05) is 37.3 Å². The van der Waals surface area contributed by atoms with Gasteiger partial charge in [-0.25, -0.2) is 0 Å². The molecule has 1 saturated carbocycles. The van der Waals surface area contributed by atoms with Crippen molar-refractivity contribution in [2.75, 3.05) is 6.61 Å². The highest BCUT2D eigenvalue weighted by molar-refractivity contribution is 8.02. The maximum absolute atomic E-state index is 14.0. The van der Waals surface area contributed by atoms with Crippen LogP contribution in [-0.2, 0) is 20.9 Å². The van der Waals surface area contributed by atoms with Crippen LogP contribution in [0.3, 0.4) is 0 Å². The van der Waals surface area contributed by atoms with Gasteiger partial charge in [-0.05, 0) is 37.7 Å². The van der Waals surface area contributed by atoms with Gasteiger partial charge in [-0.2, -0.15) is 0 Å². The zero-order valence-electron chi connectivity index (χ0n) is 20.4. The minimum Gasteiger partial charge on any atom is -0.394 e. The third-order valence-corrected chi connectivity index (χ3v) is 10.6. The number of carbonyl (C=O) groups excluding carboxylic acids is 3. The van der Waals surface area contributed by atoms with Crippen LogP contribution in [0.2, 0.25) is 0 Å². The number of aliphatic hydroxyl groups is 1. The summed E-state index contributed by atoms with van der Waals surface area (Å²) in [6, 6.07) is 8.85. The van der Waals surface area contributed by atoms with E-state index in [1.54, 1.807) is 16.7 Å². The third kappa shape index (κ3) is 4.26. The SMILES string of the molecule is CC[C@@H](CO)N1C(=O)[C@@H]2[C@H](C(=O)NCc3ccccc3)[C@@H]3CCC2(S3)C1C(=O)NC1CCCCC1. The number of nitrogens with one attached hydrogen (secondary N) is 2. The lowest BCUT2D eigenvalue weighted by atomic mass is 9.70. The summed E-state index contributed by atoms with van der Waals surface area (Å²) < 4.78 is -0.599. The van der Waals surface area contributed by atoms with Gasteiger partial charge in [0.05, 0.1) is 29.2 Å². The predicted octanol–water partition coefficient (Wildman–Crippen LogP) is 2.61. The fourth-order valence-electron chi connectivity index (χ4n) is 6.93. The van der Waals surface area contributed by atoms with Gasteiger partial charge in [-0.15, -0.1) is 11.8 Å². The molecule has 0 aromatic heterocycles. The van der Waals surface area contributed by atoms with Crippen molar-refractivity contribution < 1.29 is 19.5 Å². The Hall–Kier alpha value is -2.06. The molecule has 2 bridgehead atoms. The summed E-state index contributed by atoms with van der Waals surface area (Å²) in [7, 11) is 0. The van der Waals surface area contributed by atoms with E-state index in [0.29, 0.717) is 13.0 Å². The lowest BCUT2D eigenvalue weighted by Crippen LogP contribution is -2.58. The quantitative estimate of drug-likeness (QED) is 0.511. The van der Waals surface area contributed by atoms with E-state index in [0.717, 1.165) is 44.1 Å². The monoisotopic (exact) mass is 499 g/mol. The van der Waals surface area contributed by atoms with Crippen molar-refractivity contribution in [3.8, 4) is 0 Å². The molecule has 3 heterocycles. The van der Waals surface area contributed by atoms with Gasteiger partial charge in [0.25, 0.3) is 0 Å². The Labute approximate surface area is 211 Å². The van der Waals surface area contributed by atoms with Gasteiger partial charge in [0.15, 0.2) is 0 Å². The van der Waals surface area contributed by atoms with Crippen LogP contribution in [0, 0.1) is 11.8 Å². The van der Waals surface area contributed by atoms with Crippen molar-refractivity contribution in [3.05, 3.63) is 35.9 Å². The van der Waals surface area contributed by atoms with Crippen LogP contribution in [0.4, 0.5) is 0 Å². The molecule has 190 valence electrons. The average Bonchev–Trinajstić information content (AvgIpc) is 3.52. The summed E-state index contributed by atoms with van der Waals surface area (Å²) >= 11 is 1.69. The zero-order chi connectivity index (χ0) is 24.6. The molecular formula is C27H37N3O4S. The molecule has 6 atom stereocenters. The number of fused-ring (bicyclic) bond motifs is 1. The Morgan fingerprint density at radius 2 is 1.89 bits per heavy atom. The summed E-state index contributed by atoms with van der Waals surface area (Å²) in [4.78, 5) is 42.9. The van der Waals surface area contributed by atoms with Crippen molar-refractivity contribution in [1.29, 1.82) is 0 Å². The van der Waals surface area contributed by atoms with Gasteiger partial charge >= 0.3 is 0 Å². The summed E-state index contributed by atoms with van der Waals surface area (Å²) in [5.74, 6) is -1.31. The summed E-state index contributed by atoms with van der Waals surface area (Å²) in [5.41, 5.74) is 1.02. The molecule has 3 amide bonds. The number of hydrogen-bond acceptors (Lipinski definition) is 5. The lowest BCUT2D eigenvalue weighted by molar-refractivity contribution is -0.143. The molecule has 1 aliphatic carbocycles. The number of carbonyl (C=O) groups is 3. The highest BCUT2D eigenvalue weighted by atomic mass is 32.2. The van der Waals surface area contributed by atoms with Crippen molar-refractivity contribution in [1.82, 2.24) is 15.5 Å². The minimum absolute atomic E-state index is 0.0426. The highest BCUT2D eigenvalue weighted by Crippen LogP contribution is 2.66. The third-order valence-electron chi connectivity index (χ3n) is 8.63. The molecule has 7 nitrogen and oxygen atoms in total. The van der Waals surface area contributed by atoms with E-state index in [-0.39, 0.29) is 35.6 Å². The Kier molecular flexibility index (Phi) is 7.13. The van der Waals surface area contributed by atoms with Crippen LogP contribution in [0.1, 0.15) is 63.9 Å². The highest BCUT2D eigenvalue weighted by Gasteiger charge is 2.74. The first-order chi connectivity index (χ1) is 17.0. The van der Waals surface area contributed by atoms with Crippen molar-refractivity contribution in [2.45, 2.75) is 93.0 Å². The van der Waals surface area contributed by atoms with Crippen LogP contribution in [0.15, 0.2) is 30.3 Å². The number of benzene rings is 1. The number of hydrogen-bond donors (Lipinski definition) is 3. The van der Waals surface area contributed by atoms with E-state index in [1.165, 1.54) is 6.42 Å². The molecule has 1 aromatic carbocycles. The van der Waals surface area contributed by atoms with Crippen LogP contribution < -0.4 is 10.6 Å². The van der Waals surface area contributed by atoms with Gasteiger partial charge in [0.2, 0.25) is 17.7 Å². The Bertz CT molecular complexity index is 949. The van der Waals surface area contributed by atoms with Gasteiger partial charge < -0.3 is 20.6 Å². The standard InChI is InChI=1S/C27H37N3O4S/c1-2-19(16-31)30-23(25(33)29-18-11-7-4-8-12-18)27-14-13-20(35-27)21(22(27)26(30)34)24(32)28-15-17-9-5-3-6-10-17/h3,5-6,9-10,18-23,31H,2,4,7-8,11-16H2,1H3,(H,28,32)(H,29,33)/t19-,20-,21+,22-,23?,27?/m0/s1. The number of likely N-dealkylation sites (tertiary alicyclic amines) is 1. The lowest BCUT2D eigenvalue weighted by Gasteiger charge is -2.38. The van der Waals surface area contributed by atoms with Gasteiger partial charge in [0, 0.05) is 17.8 Å². The molecule has 3 aliphatic heterocycles. The molecule has 5 rings (SSSR count). The van der Waals surface area contributed by atoms with Crippen LogP contribution in [-0.4, -0.2) is 62.5 Å². The van der Waals surface area contributed by atoms with Crippen LogP contribution in [0.25, 0.3) is 0 Å². The van der Waals surface area contributed by atoms with Gasteiger partial charge in [-0.1, -0.05) is 56.5 Å². The minimum atomic E-state index is -0.638. The first kappa shape index (κ1) is 24.6. The van der Waals surface area contributed by atoms with Crippen molar-refractivity contribution in [2.24, 2.45) is 11.8 Å². The van der Waals surface area contributed by atoms with Crippen molar-refractivity contribution >= 4 is 29.5 Å². The molecule has 3 N–H and O–H groups in total. The van der Waals surface area contributed by atoms with Crippen LogP contribution in [0.5, 0.6) is 0 Å². The molecule has 4 aliphatic rings. The molecule has 0 radical (unpaired) electrons. The topological polar surface area (TPSA) is 98.7 Å². The molecule has 35 heavy (non-hydrogen) atoms. The number of aliphatic hydroxyl groups excluding tert-OH is 1. The van der Waals surface area contributed by atoms with E-state index < -0.39 is 28.7 Å². The Morgan fingerprint density at radius 3 is 2.57 bits per heavy atom. The molecule has 1 spiro atoms. The first-order valence-electron chi connectivity index (χ1n) is 13.2. The number of rotatable bonds is 8. The molecular weight excluding hydrogens is 462 g/mol. The molecule has 2 unspecified atom stereocenters. The second kappa shape index (κ2) is 10.1. The van der Waals surface area contributed by atoms with E-state index in [2.05, 4.69) is 10.6 Å². The van der Waals surface area contributed by atoms with E-state index >= 15 is 0 Å². The van der Waals surface area contributed by atoms with Gasteiger partial charge in [0.1, 0.15) is 6.04 Å². The Morgan fingerprint density at radius 1 is 1.14 bits per heavy atom. The largest absolute Gasteiger partial charge is 0.394 e. The fraction of sp³-hybridized carbons (Fsp3) is 0.667. The second-order valence-corrected chi connectivity index (χ2v) is 12.2. The molecule has 3 saturated heterocycles. The van der Waals surface area contributed by atoms with E-state index in [4.69, 9.17) is 0 Å². The zero-order valence-corrected chi connectivity index (χ0v) is 21.3. The normalized spacial score (nSPS) is 33.0. The number of nitrogens with zero attached hydrogens (tertiary/aromatic N) is 1. The summed E-state index contributed by atoms with van der Waals surface area (Å²) in [6.07, 6.45) is 7.52. The number of thioether (sulfide) groups is 1. The van der Waals surface area contributed by atoms with Crippen molar-refractivity contribution in [3.63, 3.8) is 0 Å². The van der Waals surface area contributed by atoms with Gasteiger partial charge in [-0.3, -0.25) is 14.4 Å². The molecule has 1 aromatic rings. The maximum atomic E-state index is 14.0.